The highest BCUT2D eigenvalue weighted by atomic mass is 32.2. The molecule has 0 radical (unpaired) electrons. The summed E-state index contributed by atoms with van der Waals surface area (Å²) in [7, 11) is -3.55. The van der Waals surface area contributed by atoms with Crippen molar-refractivity contribution < 1.29 is 32.4 Å². The molecule has 0 aromatic rings. The standard InChI is InChI=1S/C38H65N5O7S/c1-26(2)28-20-23-43-31(28)33(45)40-29(32(44)34(46)39-24-27-18-19-27)16-12-9-7-6-8-10-13-17-30(35(43)47)41-36(48)42-38(21-14-11-15-22-38)25-51(49,50)37(3,4)5/h26-31H,6-25H2,1-5H3,(H,39,46)(H,40,45)(H2,41,42,48)/t28-,29+,30+,31+/m1/s1. The third kappa shape index (κ3) is 11.4. The van der Waals surface area contributed by atoms with Crippen LogP contribution in [-0.2, 0) is 29.0 Å². The Hall–Kier alpha value is -2.70. The van der Waals surface area contributed by atoms with Gasteiger partial charge >= 0.3 is 6.03 Å². The van der Waals surface area contributed by atoms with E-state index in [2.05, 4.69) is 21.3 Å². The van der Waals surface area contributed by atoms with Gasteiger partial charge in [0.25, 0.3) is 5.91 Å². The second-order valence-corrected chi connectivity index (χ2v) is 19.9. The highest BCUT2D eigenvalue weighted by Crippen LogP contribution is 2.34. The van der Waals surface area contributed by atoms with E-state index in [1.807, 2.05) is 13.8 Å². The van der Waals surface area contributed by atoms with Gasteiger partial charge in [-0.25, -0.2) is 13.2 Å². The van der Waals surface area contributed by atoms with Crippen molar-refractivity contribution in [1.29, 1.82) is 0 Å². The zero-order valence-electron chi connectivity index (χ0n) is 31.8. The fourth-order valence-electron chi connectivity index (χ4n) is 8.02. The third-order valence-corrected chi connectivity index (χ3v) is 14.4. The molecule has 51 heavy (non-hydrogen) atoms. The molecule has 2 aliphatic heterocycles. The second kappa shape index (κ2) is 17.9. The first-order chi connectivity index (χ1) is 24.0. The Morgan fingerprint density at radius 1 is 0.863 bits per heavy atom. The fraction of sp³-hybridized carbons (Fsp3) is 0.868. The molecule has 0 spiro atoms. The largest absolute Gasteiger partial charge is 0.349 e. The molecule has 4 atom stereocenters. The number of carbonyl (C=O) groups is 5. The predicted molar refractivity (Wildman–Crippen MR) is 197 cm³/mol. The summed E-state index contributed by atoms with van der Waals surface area (Å²) in [6.45, 7) is 9.83. The molecule has 4 aliphatic rings. The Bertz CT molecular complexity index is 1350. The van der Waals surface area contributed by atoms with Crippen LogP contribution < -0.4 is 21.3 Å². The lowest BCUT2D eigenvalue weighted by Gasteiger charge is -2.40. The fourth-order valence-corrected chi connectivity index (χ4v) is 9.54. The molecule has 4 fully saturated rings. The Morgan fingerprint density at radius 2 is 1.45 bits per heavy atom. The van der Waals surface area contributed by atoms with Crippen LogP contribution in [0, 0.1) is 17.8 Å². The monoisotopic (exact) mass is 735 g/mol. The molecule has 2 saturated heterocycles. The molecule has 0 unspecified atom stereocenters. The number of nitrogens with one attached hydrogen (secondary N) is 4. The normalized spacial score (nSPS) is 27.3. The number of urea groups is 1. The van der Waals surface area contributed by atoms with Gasteiger partial charge in [-0.05, 0) is 83.5 Å². The topological polar surface area (TPSA) is 171 Å². The summed E-state index contributed by atoms with van der Waals surface area (Å²) in [5.41, 5.74) is -0.929. The first-order valence-electron chi connectivity index (χ1n) is 19.8. The van der Waals surface area contributed by atoms with Crippen molar-refractivity contribution in [3.63, 3.8) is 0 Å². The van der Waals surface area contributed by atoms with Gasteiger partial charge in [0, 0.05) is 13.1 Å². The van der Waals surface area contributed by atoms with Crippen molar-refractivity contribution >= 4 is 39.4 Å². The summed E-state index contributed by atoms with van der Waals surface area (Å²) < 4.78 is 25.7. The molecule has 2 aliphatic carbocycles. The second-order valence-electron chi connectivity index (χ2n) is 17.2. The maximum atomic E-state index is 14.5. The molecule has 2 heterocycles. The Kier molecular flexibility index (Phi) is 14.4. The van der Waals surface area contributed by atoms with Crippen molar-refractivity contribution in [3.05, 3.63) is 0 Å². The maximum absolute atomic E-state index is 14.5. The van der Waals surface area contributed by atoms with Gasteiger partial charge in [-0.1, -0.05) is 78.1 Å². The molecular weight excluding hydrogens is 671 g/mol. The van der Waals surface area contributed by atoms with Gasteiger partial charge in [-0.3, -0.25) is 19.2 Å². The first-order valence-corrected chi connectivity index (χ1v) is 21.4. The SMILES string of the molecule is CC(C)[C@H]1CCN2C(=O)[C@@H](NC(=O)NC3(CS(=O)(=O)C(C)(C)C)CCCCC3)CCCCCCCCC[C@@H](C(=O)C(=O)NCC3CC3)NC(=O)[C@H]12. The minimum atomic E-state index is -3.55. The Balaban J connectivity index is 1.56. The van der Waals surface area contributed by atoms with Crippen LogP contribution in [-0.4, -0.2) is 90.1 Å². The molecular formula is C38H65N5O7S. The van der Waals surface area contributed by atoms with Crippen LogP contribution in [0.15, 0.2) is 0 Å². The number of amides is 5. The van der Waals surface area contributed by atoms with Crippen LogP contribution in [0.1, 0.15) is 144 Å². The van der Waals surface area contributed by atoms with Gasteiger partial charge in [-0.15, -0.1) is 0 Å². The van der Waals surface area contributed by atoms with E-state index in [1.54, 1.807) is 25.7 Å². The summed E-state index contributed by atoms with van der Waals surface area (Å²) in [5.74, 6) is -2.00. The lowest BCUT2D eigenvalue weighted by atomic mass is 9.83. The lowest BCUT2D eigenvalue weighted by Crippen LogP contribution is -2.62. The predicted octanol–water partition coefficient (Wildman–Crippen LogP) is 4.55. The van der Waals surface area contributed by atoms with Gasteiger partial charge in [0.05, 0.1) is 22.1 Å². The van der Waals surface area contributed by atoms with Crippen LogP contribution in [0.4, 0.5) is 4.79 Å². The van der Waals surface area contributed by atoms with Gasteiger partial charge < -0.3 is 26.2 Å². The quantitative estimate of drug-likeness (QED) is 0.252. The zero-order chi connectivity index (χ0) is 37.4. The first kappa shape index (κ1) is 41.1. The summed E-state index contributed by atoms with van der Waals surface area (Å²) in [6.07, 6.45) is 13.1. The summed E-state index contributed by atoms with van der Waals surface area (Å²) in [4.78, 5) is 70.2. The minimum Gasteiger partial charge on any atom is -0.349 e. The van der Waals surface area contributed by atoms with Gasteiger partial charge in [0.15, 0.2) is 9.84 Å². The van der Waals surface area contributed by atoms with E-state index in [1.165, 1.54) is 0 Å². The summed E-state index contributed by atoms with van der Waals surface area (Å²) >= 11 is 0. The molecule has 0 aromatic heterocycles. The van der Waals surface area contributed by atoms with E-state index in [0.717, 1.165) is 64.2 Å². The molecule has 5 amide bonds. The Labute approximate surface area is 306 Å². The minimum absolute atomic E-state index is 0.0609. The molecule has 0 bridgehead atoms. The van der Waals surface area contributed by atoms with Crippen molar-refractivity contribution in [3.8, 4) is 0 Å². The highest BCUT2D eigenvalue weighted by Gasteiger charge is 2.47. The van der Waals surface area contributed by atoms with E-state index >= 15 is 0 Å². The molecule has 290 valence electrons. The molecule has 4 N–H and O–H groups in total. The molecule has 4 rings (SSSR count). The number of hydrogen-bond acceptors (Lipinski definition) is 7. The molecule has 0 aromatic carbocycles. The van der Waals surface area contributed by atoms with Crippen molar-refractivity contribution in [1.82, 2.24) is 26.2 Å². The van der Waals surface area contributed by atoms with Crippen molar-refractivity contribution in [2.45, 2.75) is 172 Å². The Morgan fingerprint density at radius 3 is 2.04 bits per heavy atom. The summed E-state index contributed by atoms with van der Waals surface area (Å²) in [5, 5.41) is 11.6. The van der Waals surface area contributed by atoms with E-state index in [4.69, 9.17) is 0 Å². The van der Waals surface area contributed by atoms with E-state index < -0.39 is 61.9 Å². The van der Waals surface area contributed by atoms with Crippen molar-refractivity contribution in [2.24, 2.45) is 17.8 Å². The average molecular weight is 736 g/mol. The van der Waals surface area contributed by atoms with Crippen LogP contribution >= 0.6 is 0 Å². The highest BCUT2D eigenvalue weighted by molar-refractivity contribution is 7.92. The maximum Gasteiger partial charge on any atom is 0.315 e. The number of hydrogen-bond donors (Lipinski definition) is 4. The van der Waals surface area contributed by atoms with Gasteiger partial charge in [0.2, 0.25) is 17.6 Å². The molecule has 2 saturated carbocycles. The number of carbonyl (C=O) groups excluding carboxylic acids is 5. The van der Waals surface area contributed by atoms with Gasteiger partial charge in [-0.2, -0.15) is 0 Å². The van der Waals surface area contributed by atoms with Gasteiger partial charge in [0.1, 0.15) is 12.1 Å². The van der Waals surface area contributed by atoms with E-state index in [-0.39, 0.29) is 23.5 Å². The molecule has 13 heteroatoms. The van der Waals surface area contributed by atoms with E-state index in [9.17, 15) is 32.4 Å². The number of ketones is 1. The summed E-state index contributed by atoms with van der Waals surface area (Å²) in [6, 6.07) is -3.32. The van der Waals surface area contributed by atoms with Crippen LogP contribution in [0.5, 0.6) is 0 Å². The van der Waals surface area contributed by atoms with Crippen LogP contribution in [0.3, 0.4) is 0 Å². The number of rotatable bonds is 9. The third-order valence-electron chi connectivity index (χ3n) is 11.6. The number of sulfone groups is 1. The number of nitrogens with zero attached hydrogens (tertiary/aromatic N) is 1. The lowest BCUT2D eigenvalue weighted by molar-refractivity contribution is -0.143. The smallest absolute Gasteiger partial charge is 0.315 e. The van der Waals surface area contributed by atoms with E-state index in [0.29, 0.717) is 64.0 Å². The number of fused-ring (bicyclic) bond motifs is 1. The zero-order valence-corrected chi connectivity index (χ0v) is 32.6. The van der Waals surface area contributed by atoms with Crippen LogP contribution in [0.2, 0.25) is 0 Å². The van der Waals surface area contributed by atoms with Crippen molar-refractivity contribution in [2.75, 3.05) is 18.8 Å². The average Bonchev–Trinajstić information content (AvgIpc) is 3.78. The molecule has 12 nitrogen and oxygen atoms in total. The van der Waals surface area contributed by atoms with Crippen LogP contribution in [0.25, 0.3) is 0 Å². The number of Topliss-reactive ketones (excluding diaryl/α,β-unsaturated/α-hetero) is 1.